The Balaban J connectivity index is 1.55. The van der Waals surface area contributed by atoms with Gasteiger partial charge in [-0.25, -0.2) is 9.59 Å². The van der Waals surface area contributed by atoms with Crippen molar-refractivity contribution in [2.24, 2.45) is 0 Å². The molecule has 3 atom stereocenters. The standard InChI is InChI=1S/C33H39NO4/c1-6-37-31(35)21-16-24-14-17-25(18-15-24)27-19-20-28(22-27)34(32(36)38-33(3,4)5)23(2)29-13-9-11-26-10-7-8-12-30(26)29/h7-18,21,23,27-28H,6,19-20,22H2,1-5H3/t23-,27-,28+/m1/s1. The zero-order valence-electron chi connectivity index (χ0n) is 23.1. The molecule has 0 bridgehead atoms. The summed E-state index contributed by atoms with van der Waals surface area (Å²) in [7, 11) is 0. The zero-order chi connectivity index (χ0) is 27.3. The normalized spacial score (nSPS) is 18.4. The molecule has 0 unspecified atom stereocenters. The summed E-state index contributed by atoms with van der Waals surface area (Å²) in [4.78, 5) is 27.2. The van der Waals surface area contributed by atoms with Gasteiger partial charge in [-0.1, -0.05) is 66.7 Å². The average molecular weight is 514 g/mol. The number of carbonyl (C=O) groups excluding carboxylic acids is 2. The Morgan fingerprint density at radius 1 is 1.00 bits per heavy atom. The van der Waals surface area contributed by atoms with Gasteiger partial charge in [-0.15, -0.1) is 0 Å². The van der Waals surface area contributed by atoms with Crippen molar-refractivity contribution in [3.63, 3.8) is 0 Å². The second-order valence-corrected chi connectivity index (χ2v) is 11.0. The number of benzene rings is 3. The lowest BCUT2D eigenvalue weighted by Gasteiger charge is -2.37. The van der Waals surface area contributed by atoms with Gasteiger partial charge in [0.1, 0.15) is 5.60 Å². The van der Waals surface area contributed by atoms with Crippen molar-refractivity contribution in [1.82, 2.24) is 4.90 Å². The molecule has 0 saturated heterocycles. The van der Waals surface area contributed by atoms with Crippen molar-refractivity contribution in [3.8, 4) is 0 Å². The van der Waals surface area contributed by atoms with Crippen molar-refractivity contribution in [2.45, 2.75) is 77.5 Å². The van der Waals surface area contributed by atoms with E-state index in [0.717, 1.165) is 35.8 Å². The van der Waals surface area contributed by atoms with Crippen LogP contribution < -0.4 is 0 Å². The minimum Gasteiger partial charge on any atom is -0.463 e. The van der Waals surface area contributed by atoms with Gasteiger partial charge in [0.25, 0.3) is 0 Å². The number of nitrogens with zero attached hydrogens (tertiary/aromatic N) is 1. The van der Waals surface area contributed by atoms with E-state index >= 15 is 0 Å². The van der Waals surface area contributed by atoms with Crippen molar-refractivity contribution >= 4 is 28.9 Å². The fourth-order valence-corrected chi connectivity index (χ4v) is 5.45. The summed E-state index contributed by atoms with van der Waals surface area (Å²) >= 11 is 0. The van der Waals surface area contributed by atoms with Gasteiger partial charge in [-0.3, -0.25) is 4.90 Å². The fraction of sp³-hybridized carbons (Fsp3) is 0.394. The molecule has 5 nitrogen and oxygen atoms in total. The lowest BCUT2D eigenvalue weighted by atomic mass is 9.95. The van der Waals surface area contributed by atoms with E-state index in [1.165, 1.54) is 17.0 Å². The maximum Gasteiger partial charge on any atom is 0.411 e. The van der Waals surface area contributed by atoms with E-state index in [2.05, 4.69) is 49.4 Å². The van der Waals surface area contributed by atoms with Crippen LogP contribution in [0.25, 0.3) is 16.8 Å². The van der Waals surface area contributed by atoms with Crippen LogP contribution in [0.15, 0.2) is 72.8 Å². The molecule has 3 aromatic carbocycles. The van der Waals surface area contributed by atoms with E-state index in [9.17, 15) is 9.59 Å². The number of hydrogen-bond donors (Lipinski definition) is 0. The molecule has 0 spiro atoms. The van der Waals surface area contributed by atoms with E-state index in [1.807, 2.05) is 49.9 Å². The molecule has 4 rings (SSSR count). The molecule has 200 valence electrons. The van der Waals surface area contributed by atoms with E-state index in [4.69, 9.17) is 9.47 Å². The third kappa shape index (κ3) is 6.63. The molecule has 1 amide bonds. The summed E-state index contributed by atoms with van der Waals surface area (Å²) in [5, 5.41) is 2.33. The van der Waals surface area contributed by atoms with Gasteiger partial charge < -0.3 is 9.47 Å². The third-order valence-electron chi connectivity index (χ3n) is 7.20. The molecular weight excluding hydrogens is 474 g/mol. The quantitative estimate of drug-likeness (QED) is 0.237. The molecule has 38 heavy (non-hydrogen) atoms. The molecule has 0 heterocycles. The minimum atomic E-state index is -0.571. The largest absolute Gasteiger partial charge is 0.463 e. The topological polar surface area (TPSA) is 55.8 Å². The predicted octanol–water partition coefficient (Wildman–Crippen LogP) is 8.05. The Bertz CT molecular complexity index is 1280. The van der Waals surface area contributed by atoms with Crippen LogP contribution in [-0.2, 0) is 14.3 Å². The molecule has 1 saturated carbocycles. The van der Waals surface area contributed by atoms with Gasteiger partial charge in [0, 0.05) is 12.1 Å². The van der Waals surface area contributed by atoms with Crippen molar-refractivity contribution in [2.75, 3.05) is 6.61 Å². The summed E-state index contributed by atoms with van der Waals surface area (Å²) in [5.41, 5.74) is 2.77. The third-order valence-corrected chi connectivity index (χ3v) is 7.20. The Labute approximate surface area is 226 Å². The zero-order valence-corrected chi connectivity index (χ0v) is 23.1. The number of ether oxygens (including phenoxy) is 2. The van der Waals surface area contributed by atoms with Gasteiger partial charge in [0.05, 0.1) is 12.6 Å². The second kappa shape index (κ2) is 11.8. The number of rotatable bonds is 7. The monoisotopic (exact) mass is 513 g/mol. The number of fused-ring (bicyclic) bond motifs is 1. The summed E-state index contributed by atoms with van der Waals surface area (Å²) in [6.45, 7) is 10.0. The Morgan fingerprint density at radius 3 is 2.42 bits per heavy atom. The van der Waals surface area contributed by atoms with Gasteiger partial charge in [-0.05, 0) is 93.3 Å². The molecule has 0 N–H and O–H groups in total. The highest BCUT2D eigenvalue weighted by Gasteiger charge is 2.38. The number of amides is 1. The molecule has 0 aliphatic heterocycles. The SMILES string of the molecule is CCOC(=O)C=Cc1ccc([C@@H]2CC[C@H](N(C(=O)OC(C)(C)C)[C@H](C)c3cccc4ccccc34)C2)cc1. The lowest BCUT2D eigenvalue weighted by Crippen LogP contribution is -2.44. The van der Waals surface area contributed by atoms with Crippen molar-refractivity contribution in [1.29, 1.82) is 0 Å². The molecule has 1 aliphatic carbocycles. The van der Waals surface area contributed by atoms with E-state index in [0.29, 0.717) is 12.5 Å². The van der Waals surface area contributed by atoms with E-state index < -0.39 is 5.60 Å². The van der Waals surface area contributed by atoms with Gasteiger partial charge >= 0.3 is 12.1 Å². The highest BCUT2D eigenvalue weighted by Crippen LogP contribution is 2.41. The Morgan fingerprint density at radius 2 is 1.71 bits per heavy atom. The van der Waals surface area contributed by atoms with E-state index in [1.54, 1.807) is 13.0 Å². The predicted molar refractivity (Wildman–Crippen MR) is 153 cm³/mol. The number of esters is 1. The molecule has 0 radical (unpaired) electrons. The molecule has 1 aliphatic rings. The van der Waals surface area contributed by atoms with E-state index in [-0.39, 0.29) is 24.1 Å². The smallest absolute Gasteiger partial charge is 0.411 e. The first-order chi connectivity index (χ1) is 18.2. The minimum absolute atomic E-state index is 0.0761. The van der Waals surface area contributed by atoms with Crippen LogP contribution in [0.2, 0.25) is 0 Å². The summed E-state index contributed by atoms with van der Waals surface area (Å²) in [6.07, 6.45) is 5.77. The fourth-order valence-electron chi connectivity index (χ4n) is 5.45. The van der Waals surface area contributed by atoms with Crippen LogP contribution in [0.4, 0.5) is 4.79 Å². The highest BCUT2D eigenvalue weighted by molar-refractivity contribution is 5.87. The number of carbonyl (C=O) groups is 2. The first kappa shape index (κ1) is 27.4. The van der Waals surface area contributed by atoms with Crippen molar-refractivity contribution < 1.29 is 19.1 Å². The van der Waals surface area contributed by atoms with Gasteiger partial charge in [0.15, 0.2) is 0 Å². The van der Waals surface area contributed by atoms with Crippen LogP contribution >= 0.6 is 0 Å². The van der Waals surface area contributed by atoms with Crippen molar-refractivity contribution in [3.05, 3.63) is 89.5 Å². The van der Waals surface area contributed by atoms with Crippen LogP contribution in [0, 0.1) is 0 Å². The Hall–Kier alpha value is -3.60. The first-order valence-corrected chi connectivity index (χ1v) is 13.6. The van der Waals surface area contributed by atoms with Crippen LogP contribution in [0.3, 0.4) is 0 Å². The summed E-state index contributed by atoms with van der Waals surface area (Å²) < 4.78 is 10.9. The maximum atomic E-state index is 13.6. The summed E-state index contributed by atoms with van der Waals surface area (Å²) in [5.74, 6) is 0.0190. The van der Waals surface area contributed by atoms with Gasteiger partial charge in [-0.2, -0.15) is 0 Å². The first-order valence-electron chi connectivity index (χ1n) is 13.6. The molecule has 5 heteroatoms. The molecule has 0 aromatic heterocycles. The highest BCUT2D eigenvalue weighted by atomic mass is 16.6. The molecule has 1 fully saturated rings. The van der Waals surface area contributed by atoms with Gasteiger partial charge in [0.2, 0.25) is 0 Å². The second-order valence-electron chi connectivity index (χ2n) is 11.0. The maximum absolute atomic E-state index is 13.6. The lowest BCUT2D eigenvalue weighted by molar-refractivity contribution is -0.137. The van der Waals surface area contributed by atoms with Crippen LogP contribution in [0.1, 0.15) is 82.5 Å². The van der Waals surface area contributed by atoms with Crippen LogP contribution in [-0.4, -0.2) is 35.2 Å². The van der Waals surface area contributed by atoms with Crippen LogP contribution in [0.5, 0.6) is 0 Å². The average Bonchev–Trinajstić information content (AvgIpc) is 3.36. The number of hydrogen-bond acceptors (Lipinski definition) is 4. The molecule has 3 aromatic rings. The molecular formula is C33H39NO4. The summed E-state index contributed by atoms with van der Waals surface area (Å²) in [6, 6.07) is 22.9. The Kier molecular flexibility index (Phi) is 8.55.